The van der Waals surface area contributed by atoms with E-state index < -0.39 is 15.6 Å². The lowest BCUT2D eigenvalue weighted by Gasteiger charge is -2.21. The molecule has 1 aliphatic rings. The van der Waals surface area contributed by atoms with Crippen LogP contribution in [0.1, 0.15) is 30.0 Å². The summed E-state index contributed by atoms with van der Waals surface area (Å²) in [5.74, 6) is 0. The molecule has 1 N–H and O–H groups in total. The first-order chi connectivity index (χ1) is 13.9. The third-order valence-corrected chi connectivity index (χ3v) is 7.36. The highest BCUT2D eigenvalue weighted by molar-refractivity contribution is 7.93. The number of nitriles is 1. The van der Waals surface area contributed by atoms with Crippen LogP contribution in [0.3, 0.4) is 0 Å². The molecule has 0 radical (unpaired) electrons. The van der Waals surface area contributed by atoms with E-state index in [1.807, 2.05) is 13.0 Å². The van der Waals surface area contributed by atoms with Crippen molar-refractivity contribution in [3.8, 4) is 6.07 Å². The van der Waals surface area contributed by atoms with Crippen molar-refractivity contribution in [3.63, 3.8) is 0 Å². The van der Waals surface area contributed by atoms with Gasteiger partial charge in [0.2, 0.25) is 0 Å². The van der Waals surface area contributed by atoms with Crippen LogP contribution in [0.15, 0.2) is 46.2 Å². The van der Waals surface area contributed by atoms with Crippen molar-refractivity contribution in [2.75, 3.05) is 10.8 Å². The minimum absolute atomic E-state index is 0.0154. The number of pyridine rings is 1. The van der Waals surface area contributed by atoms with Crippen LogP contribution in [0.4, 0.5) is 5.69 Å². The van der Waals surface area contributed by atoms with Gasteiger partial charge in [-0.05, 0) is 48.2 Å². The third-order valence-electron chi connectivity index (χ3n) is 5.21. The van der Waals surface area contributed by atoms with Gasteiger partial charge in [0.05, 0.1) is 27.2 Å². The number of aromatic nitrogens is 1. The van der Waals surface area contributed by atoms with E-state index >= 15 is 0 Å². The third kappa shape index (κ3) is 3.09. The first-order valence-corrected chi connectivity index (χ1v) is 11.1. The van der Waals surface area contributed by atoms with E-state index in [-0.39, 0.29) is 27.2 Å². The van der Waals surface area contributed by atoms with Gasteiger partial charge < -0.3 is 4.98 Å². The molecule has 0 bridgehead atoms. The standard InChI is InChI=1S/C21H18ClN3O3S/c1-2-4-14-9-13(11-23)10-18-15(14)7-8-25(18)29(27,28)19-6-3-5-16-20(19)17(22)12-24-21(16)26/h3,5-6,9-10,12H,2,4,7-8H2,1H3,(H,24,26). The summed E-state index contributed by atoms with van der Waals surface area (Å²) in [7, 11) is -3.99. The molecule has 2 aromatic carbocycles. The number of aromatic amines is 1. The summed E-state index contributed by atoms with van der Waals surface area (Å²) in [6, 6.07) is 10.1. The van der Waals surface area contributed by atoms with Crippen LogP contribution >= 0.6 is 11.6 Å². The van der Waals surface area contributed by atoms with Crippen molar-refractivity contribution in [3.05, 3.63) is 68.6 Å². The van der Waals surface area contributed by atoms with Gasteiger partial charge in [0.25, 0.3) is 15.6 Å². The number of hydrogen-bond donors (Lipinski definition) is 1. The molecule has 29 heavy (non-hydrogen) atoms. The summed E-state index contributed by atoms with van der Waals surface area (Å²) in [5, 5.41) is 9.99. The summed E-state index contributed by atoms with van der Waals surface area (Å²) in [4.78, 5) is 14.7. The first kappa shape index (κ1) is 19.5. The van der Waals surface area contributed by atoms with Crippen LogP contribution in [-0.4, -0.2) is 19.9 Å². The Bertz CT molecular complexity index is 1340. The number of hydrogen-bond acceptors (Lipinski definition) is 4. The van der Waals surface area contributed by atoms with Crippen LogP contribution in [0.2, 0.25) is 5.02 Å². The van der Waals surface area contributed by atoms with Crippen molar-refractivity contribution < 1.29 is 8.42 Å². The monoisotopic (exact) mass is 427 g/mol. The number of benzene rings is 2. The minimum atomic E-state index is -3.99. The number of aryl methyl sites for hydroxylation is 1. The molecular weight excluding hydrogens is 410 g/mol. The molecule has 1 aliphatic heterocycles. The van der Waals surface area contributed by atoms with Crippen LogP contribution in [0.5, 0.6) is 0 Å². The highest BCUT2D eigenvalue weighted by Crippen LogP contribution is 2.38. The van der Waals surface area contributed by atoms with E-state index in [2.05, 4.69) is 11.1 Å². The molecule has 2 heterocycles. The molecule has 3 aromatic rings. The number of nitrogens with one attached hydrogen (secondary N) is 1. The molecule has 0 atom stereocenters. The molecule has 0 amide bonds. The quantitative estimate of drug-likeness (QED) is 0.685. The van der Waals surface area contributed by atoms with Gasteiger partial charge in [0, 0.05) is 23.5 Å². The van der Waals surface area contributed by atoms with E-state index in [0.29, 0.717) is 17.7 Å². The van der Waals surface area contributed by atoms with Crippen molar-refractivity contribution in [1.82, 2.24) is 4.98 Å². The average molecular weight is 428 g/mol. The zero-order chi connectivity index (χ0) is 20.8. The van der Waals surface area contributed by atoms with Gasteiger partial charge in [0.15, 0.2) is 0 Å². The molecular formula is C21H18ClN3O3S. The second kappa shape index (κ2) is 7.21. The van der Waals surface area contributed by atoms with E-state index in [0.717, 1.165) is 24.0 Å². The fourth-order valence-corrected chi connectivity index (χ4v) is 5.98. The number of nitrogens with zero attached hydrogens (tertiary/aromatic N) is 2. The maximum atomic E-state index is 13.6. The van der Waals surface area contributed by atoms with Gasteiger partial charge in [-0.1, -0.05) is 31.0 Å². The highest BCUT2D eigenvalue weighted by atomic mass is 35.5. The minimum Gasteiger partial charge on any atom is -0.327 e. The Morgan fingerprint density at radius 3 is 2.83 bits per heavy atom. The van der Waals surface area contributed by atoms with Crippen LogP contribution in [0.25, 0.3) is 10.8 Å². The average Bonchev–Trinajstić information content (AvgIpc) is 3.15. The topological polar surface area (TPSA) is 94.0 Å². The van der Waals surface area contributed by atoms with Crippen LogP contribution < -0.4 is 9.86 Å². The molecule has 1 aromatic heterocycles. The maximum Gasteiger partial charge on any atom is 0.265 e. The van der Waals surface area contributed by atoms with Crippen molar-refractivity contribution >= 4 is 38.1 Å². The normalized spacial score (nSPS) is 13.5. The Hall–Kier alpha value is -2.82. The molecule has 0 unspecified atom stereocenters. The molecule has 0 saturated carbocycles. The Balaban J connectivity index is 1.94. The van der Waals surface area contributed by atoms with Crippen molar-refractivity contribution in [2.45, 2.75) is 31.1 Å². The molecule has 8 heteroatoms. The molecule has 6 nitrogen and oxygen atoms in total. The van der Waals surface area contributed by atoms with E-state index in [4.69, 9.17) is 11.6 Å². The molecule has 0 fully saturated rings. The Morgan fingerprint density at radius 2 is 2.10 bits per heavy atom. The summed E-state index contributed by atoms with van der Waals surface area (Å²) < 4.78 is 28.6. The number of anilines is 1. The smallest absolute Gasteiger partial charge is 0.265 e. The van der Waals surface area contributed by atoms with Gasteiger partial charge in [0.1, 0.15) is 0 Å². The van der Waals surface area contributed by atoms with E-state index in [1.54, 1.807) is 12.1 Å². The lowest BCUT2D eigenvalue weighted by Crippen LogP contribution is -2.29. The molecule has 4 rings (SSSR count). The zero-order valence-electron chi connectivity index (χ0n) is 15.7. The first-order valence-electron chi connectivity index (χ1n) is 9.27. The van der Waals surface area contributed by atoms with Gasteiger partial charge in [-0.25, -0.2) is 8.42 Å². The summed E-state index contributed by atoms with van der Waals surface area (Å²) in [5.41, 5.74) is 2.53. The number of rotatable bonds is 4. The second-order valence-corrected chi connectivity index (χ2v) is 9.20. The van der Waals surface area contributed by atoms with Gasteiger partial charge in [-0.15, -0.1) is 0 Å². The lowest BCUT2D eigenvalue weighted by molar-refractivity contribution is 0.593. The predicted octanol–water partition coefficient (Wildman–Crippen LogP) is 3.76. The van der Waals surface area contributed by atoms with Gasteiger partial charge in [-0.3, -0.25) is 9.10 Å². The SMILES string of the molecule is CCCc1cc(C#N)cc2c1CCN2S(=O)(=O)c1cccc2c(=O)[nH]cc(Cl)c12. The highest BCUT2D eigenvalue weighted by Gasteiger charge is 2.34. The number of fused-ring (bicyclic) bond motifs is 2. The van der Waals surface area contributed by atoms with E-state index in [9.17, 15) is 18.5 Å². The largest absolute Gasteiger partial charge is 0.327 e. The van der Waals surface area contributed by atoms with Crippen LogP contribution in [-0.2, 0) is 22.9 Å². The molecule has 148 valence electrons. The fraction of sp³-hybridized carbons (Fsp3) is 0.238. The Morgan fingerprint density at radius 1 is 1.31 bits per heavy atom. The van der Waals surface area contributed by atoms with Gasteiger partial charge >= 0.3 is 0 Å². The summed E-state index contributed by atoms with van der Waals surface area (Å²) in [6.45, 7) is 2.32. The summed E-state index contributed by atoms with van der Waals surface area (Å²) >= 11 is 6.27. The number of H-pyrrole nitrogens is 1. The van der Waals surface area contributed by atoms with Crippen LogP contribution in [0, 0.1) is 11.3 Å². The molecule has 0 aliphatic carbocycles. The van der Waals surface area contributed by atoms with Crippen molar-refractivity contribution in [2.24, 2.45) is 0 Å². The number of sulfonamides is 1. The maximum absolute atomic E-state index is 13.6. The fourth-order valence-electron chi connectivity index (χ4n) is 3.95. The predicted molar refractivity (Wildman–Crippen MR) is 113 cm³/mol. The molecule has 0 spiro atoms. The Kier molecular flexibility index (Phi) is 4.85. The van der Waals surface area contributed by atoms with E-state index in [1.165, 1.54) is 22.6 Å². The molecule has 0 saturated heterocycles. The zero-order valence-corrected chi connectivity index (χ0v) is 17.3. The van der Waals surface area contributed by atoms with Gasteiger partial charge in [-0.2, -0.15) is 5.26 Å². The lowest BCUT2D eigenvalue weighted by atomic mass is 9.98. The Labute approximate surface area is 173 Å². The van der Waals surface area contributed by atoms with Crippen molar-refractivity contribution in [1.29, 1.82) is 5.26 Å². The number of halogens is 1. The summed E-state index contributed by atoms with van der Waals surface area (Å²) in [6.07, 6.45) is 3.56. The second-order valence-electron chi connectivity index (χ2n) is 6.97.